The van der Waals surface area contributed by atoms with Crippen LogP contribution in [0.5, 0.6) is 0 Å². The number of thiophene rings is 1. The Kier molecular flexibility index (Phi) is 3.74. The molecule has 0 fully saturated rings. The Bertz CT molecular complexity index is 431. The third-order valence-electron chi connectivity index (χ3n) is 2.82. The number of rotatable bonds is 5. The van der Waals surface area contributed by atoms with Crippen molar-refractivity contribution in [2.75, 3.05) is 6.54 Å². The molecule has 0 aliphatic carbocycles. The molecule has 2 heterocycles. The molecule has 3 nitrogen and oxygen atoms in total. The summed E-state index contributed by atoms with van der Waals surface area (Å²) >= 11 is 1.76. The number of nitrogens with one attached hydrogen (secondary N) is 1. The van der Waals surface area contributed by atoms with Crippen molar-refractivity contribution in [2.45, 2.75) is 19.9 Å². The maximum Gasteiger partial charge on any atom is 0.0537 e. The fraction of sp³-hybridized carbons (Fsp3) is 0.417. The summed E-state index contributed by atoms with van der Waals surface area (Å²) in [6, 6.07) is 2.18. The van der Waals surface area contributed by atoms with Crippen LogP contribution in [0.2, 0.25) is 0 Å². The van der Waals surface area contributed by atoms with Gasteiger partial charge in [-0.2, -0.15) is 16.4 Å². The molecule has 0 aliphatic rings. The van der Waals surface area contributed by atoms with E-state index in [9.17, 15) is 0 Å². The molecule has 0 bridgehead atoms. The van der Waals surface area contributed by atoms with Gasteiger partial charge in [-0.3, -0.25) is 4.68 Å². The molecule has 0 radical (unpaired) electrons. The third kappa shape index (κ3) is 2.71. The Balaban J connectivity index is 1.74. The highest BCUT2D eigenvalue weighted by atomic mass is 32.1. The molecule has 0 amide bonds. The minimum Gasteiger partial charge on any atom is -0.312 e. The predicted octanol–water partition coefficient (Wildman–Crippen LogP) is 2.12. The molecule has 0 saturated carbocycles. The van der Waals surface area contributed by atoms with E-state index in [0.29, 0.717) is 0 Å². The van der Waals surface area contributed by atoms with Gasteiger partial charge in [0.1, 0.15) is 0 Å². The molecule has 2 aromatic heterocycles. The van der Waals surface area contributed by atoms with Gasteiger partial charge in [0.2, 0.25) is 0 Å². The predicted molar refractivity (Wildman–Crippen MR) is 67.7 cm³/mol. The molecule has 16 heavy (non-hydrogen) atoms. The Morgan fingerprint density at radius 1 is 1.50 bits per heavy atom. The second-order valence-electron chi connectivity index (χ2n) is 3.94. The first-order valence-corrected chi connectivity index (χ1v) is 6.41. The van der Waals surface area contributed by atoms with Gasteiger partial charge in [-0.25, -0.2) is 0 Å². The molecule has 0 unspecified atom stereocenters. The van der Waals surface area contributed by atoms with Gasteiger partial charge >= 0.3 is 0 Å². The van der Waals surface area contributed by atoms with Gasteiger partial charge < -0.3 is 5.32 Å². The fourth-order valence-corrected chi connectivity index (χ4v) is 2.31. The highest BCUT2D eigenvalue weighted by Crippen LogP contribution is 2.07. The van der Waals surface area contributed by atoms with E-state index in [1.807, 2.05) is 17.9 Å². The van der Waals surface area contributed by atoms with Crippen LogP contribution >= 0.6 is 11.3 Å². The smallest absolute Gasteiger partial charge is 0.0537 e. The summed E-state index contributed by atoms with van der Waals surface area (Å²) < 4.78 is 1.91. The summed E-state index contributed by atoms with van der Waals surface area (Å²) in [5, 5.41) is 12.0. The molecule has 0 saturated heterocycles. The van der Waals surface area contributed by atoms with Crippen LogP contribution in [0.3, 0.4) is 0 Å². The van der Waals surface area contributed by atoms with Gasteiger partial charge in [-0.15, -0.1) is 0 Å². The topological polar surface area (TPSA) is 29.9 Å². The van der Waals surface area contributed by atoms with Crippen molar-refractivity contribution >= 4 is 11.3 Å². The Morgan fingerprint density at radius 3 is 3.00 bits per heavy atom. The lowest BCUT2D eigenvalue weighted by Gasteiger charge is -2.03. The average Bonchev–Trinajstić information content (AvgIpc) is 2.88. The molecule has 0 aliphatic heterocycles. The quantitative estimate of drug-likeness (QED) is 0.805. The highest BCUT2D eigenvalue weighted by molar-refractivity contribution is 7.07. The van der Waals surface area contributed by atoms with Crippen molar-refractivity contribution in [1.82, 2.24) is 15.1 Å². The van der Waals surface area contributed by atoms with Crippen LogP contribution in [0, 0.1) is 6.92 Å². The standard InChI is InChI=1S/C12H17N3S/c1-10-12(8-14-15(10)2)7-13-5-3-11-4-6-16-9-11/h4,6,8-9,13H,3,5,7H2,1-2H3. The number of nitrogens with zero attached hydrogens (tertiary/aromatic N) is 2. The Labute approximate surface area is 100 Å². The van der Waals surface area contributed by atoms with Crippen LogP contribution in [0.15, 0.2) is 23.0 Å². The molecule has 0 spiro atoms. The third-order valence-corrected chi connectivity index (χ3v) is 3.55. The first kappa shape index (κ1) is 11.4. The Hall–Kier alpha value is -1.13. The van der Waals surface area contributed by atoms with Gasteiger partial charge in [0.05, 0.1) is 6.20 Å². The molecule has 86 valence electrons. The number of aryl methyl sites for hydroxylation is 1. The largest absolute Gasteiger partial charge is 0.312 e. The van der Waals surface area contributed by atoms with E-state index in [1.165, 1.54) is 16.8 Å². The van der Waals surface area contributed by atoms with Gasteiger partial charge in [0, 0.05) is 24.8 Å². The lowest BCUT2D eigenvalue weighted by Crippen LogP contribution is -2.16. The van der Waals surface area contributed by atoms with Gasteiger partial charge in [0.15, 0.2) is 0 Å². The van der Waals surface area contributed by atoms with Gasteiger partial charge in [-0.05, 0) is 42.3 Å². The van der Waals surface area contributed by atoms with Crippen molar-refractivity contribution in [3.8, 4) is 0 Å². The number of hydrogen-bond donors (Lipinski definition) is 1. The summed E-state index contributed by atoms with van der Waals surface area (Å²) in [4.78, 5) is 0. The van der Waals surface area contributed by atoms with Crippen LogP contribution < -0.4 is 5.32 Å². The van der Waals surface area contributed by atoms with E-state index in [2.05, 4.69) is 34.2 Å². The van der Waals surface area contributed by atoms with E-state index in [0.717, 1.165) is 19.5 Å². The van der Waals surface area contributed by atoms with Crippen molar-refractivity contribution in [3.63, 3.8) is 0 Å². The normalized spacial score (nSPS) is 10.9. The minimum atomic E-state index is 0.907. The zero-order chi connectivity index (χ0) is 11.4. The highest BCUT2D eigenvalue weighted by Gasteiger charge is 2.02. The van der Waals surface area contributed by atoms with E-state index >= 15 is 0 Å². The lowest BCUT2D eigenvalue weighted by atomic mass is 10.2. The number of hydrogen-bond acceptors (Lipinski definition) is 3. The van der Waals surface area contributed by atoms with E-state index in [1.54, 1.807) is 11.3 Å². The second-order valence-corrected chi connectivity index (χ2v) is 4.72. The molecule has 0 atom stereocenters. The fourth-order valence-electron chi connectivity index (χ4n) is 1.61. The molecule has 4 heteroatoms. The number of aromatic nitrogens is 2. The van der Waals surface area contributed by atoms with Crippen LogP contribution in [-0.2, 0) is 20.0 Å². The maximum atomic E-state index is 4.22. The van der Waals surface area contributed by atoms with Crippen LogP contribution in [0.25, 0.3) is 0 Å². The lowest BCUT2D eigenvalue weighted by molar-refractivity contribution is 0.680. The van der Waals surface area contributed by atoms with Crippen LogP contribution in [0.1, 0.15) is 16.8 Å². The molecular formula is C12H17N3S. The minimum absolute atomic E-state index is 0.907. The monoisotopic (exact) mass is 235 g/mol. The zero-order valence-corrected chi connectivity index (χ0v) is 10.5. The van der Waals surface area contributed by atoms with Crippen molar-refractivity contribution in [1.29, 1.82) is 0 Å². The molecule has 1 N–H and O–H groups in total. The van der Waals surface area contributed by atoms with Crippen LogP contribution in [-0.4, -0.2) is 16.3 Å². The SMILES string of the molecule is Cc1c(CNCCc2ccsc2)cnn1C. The maximum absolute atomic E-state index is 4.22. The molecule has 2 rings (SSSR count). The summed E-state index contributed by atoms with van der Waals surface area (Å²) in [6.45, 7) is 4.03. The van der Waals surface area contributed by atoms with Crippen molar-refractivity contribution in [2.24, 2.45) is 7.05 Å². The van der Waals surface area contributed by atoms with E-state index in [-0.39, 0.29) is 0 Å². The molecular weight excluding hydrogens is 218 g/mol. The van der Waals surface area contributed by atoms with E-state index in [4.69, 9.17) is 0 Å². The summed E-state index contributed by atoms with van der Waals surface area (Å²) in [6.07, 6.45) is 3.04. The second kappa shape index (κ2) is 5.27. The molecule has 0 aromatic carbocycles. The van der Waals surface area contributed by atoms with Crippen molar-refractivity contribution in [3.05, 3.63) is 39.8 Å². The van der Waals surface area contributed by atoms with E-state index < -0.39 is 0 Å². The van der Waals surface area contributed by atoms with Gasteiger partial charge in [0.25, 0.3) is 0 Å². The molecule has 2 aromatic rings. The van der Waals surface area contributed by atoms with Crippen LogP contribution in [0.4, 0.5) is 0 Å². The first-order valence-electron chi connectivity index (χ1n) is 5.46. The summed E-state index contributed by atoms with van der Waals surface area (Å²) in [7, 11) is 1.98. The Morgan fingerprint density at radius 2 is 2.38 bits per heavy atom. The van der Waals surface area contributed by atoms with Gasteiger partial charge in [-0.1, -0.05) is 0 Å². The average molecular weight is 235 g/mol. The zero-order valence-electron chi connectivity index (χ0n) is 9.73. The first-order chi connectivity index (χ1) is 7.77. The summed E-state index contributed by atoms with van der Waals surface area (Å²) in [5.41, 5.74) is 3.94. The summed E-state index contributed by atoms with van der Waals surface area (Å²) in [5.74, 6) is 0. The van der Waals surface area contributed by atoms with Crippen molar-refractivity contribution < 1.29 is 0 Å².